The van der Waals surface area contributed by atoms with Crippen molar-refractivity contribution in [2.75, 3.05) is 25.6 Å². The maximum atomic E-state index is 9.40. The number of nitrogens with one attached hydrogen (secondary N) is 1. The lowest BCUT2D eigenvalue weighted by molar-refractivity contribution is 0.0727. The smallest absolute Gasteiger partial charge is 0.140 e. The van der Waals surface area contributed by atoms with E-state index < -0.39 is 6.10 Å². The van der Waals surface area contributed by atoms with E-state index in [1.807, 2.05) is 0 Å². The molecule has 1 rings (SSSR count). The van der Waals surface area contributed by atoms with Crippen molar-refractivity contribution in [2.24, 2.45) is 0 Å². The molecule has 0 aliphatic carbocycles. The molecule has 6 heteroatoms. The van der Waals surface area contributed by atoms with E-state index in [0.717, 1.165) is 4.47 Å². The number of hydrogen-bond acceptors (Lipinski definition) is 4. The van der Waals surface area contributed by atoms with Crippen LogP contribution in [0.4, 0.5) is 5.82 Å². The van der Waals surface area contributed by atoms with Gasteiger partial charge in [0.1, 0.15) is 5.82 Å². The van der Waals surface area contributed by atoms with E-state index in [4.69, 9.17) is 16.3 Å². The monoisotopic (exact) mass is 294 g/mol. The summed E-state index contributed by atoms with van der Waals surface area (Å²) in [5.41, 5.74) is 0. The fourth-order valence-electron chi connectivity index (χ4n) is 1.01. The molecule has 0 fully saturated rings. The Morgan fingerprint density at radius 2 is 2.47 bits per heavy atom. The second-order valence-corrected chi connectivity index (χ2v) is 4.26. The second-order valence-electron chi connectivity index (χ2n) is 2.97. The van der Waals surface area contributed by atoms with E-state index in [-0.39, 0.29) is 6.61 Å². The maximum absolute atomic E-state index is 9.40. The number of anilines is 1. The fraction of sp³-hybridized carbons (Fsp3) is 0.444. The molecular weight excluding hydrogens is 283 g/mol. The molecule has 1 aromatic rings. The van der Waals surface area contributed by atoms with Gasteiger partial charge in [-0.2, -0.15) is 0 Å². The van der Waals surface area contributed by atoms with Crippen LogP contribution in [0.15, 0.2) is 16.7 Å². The highest BCUT2D eigenvalue weighted by molar-refractivity contribution is 9.10. The number of hydrogen-bond donors (Lipinski definition) is 2. The highest BCUT2D eigenvalue weighted by Crippen LogP contribution is 2.22. The molecule has 0 aromatic carbocycles. The summed E-state index contributed by atoms with van der Waals surface area (Å²) in [6.45, 7) is 0.666. The van der Waals surface area contributed by atoms with Crippen molar-refractivity contribution in [2.45, 2.75) is 6.10 Å². The number of aliphatic hydroxyl groups excluding tert-OH is 1. The zero-order valence-corrected chi connectivity index (χ0v) is 10.5. The molecule has 15 heavy (non-hydrogen) atoms. The van der Waals surface area contributed by atoms with Gasteiger partial charge in [0.25, 0.3) is 0 Å². The van der Waals surface area contributed by atoms with Gasteiger partial charge < -0.3 is 15.2 Å². The van der Waals surface area contributed by atoms with Crippen molar-refractivity contribution in [3.8, 4) is 0 Å². The first kappa shape index (κ1) is 12.7. The van der Waals surface area contributed by atoms with Crippen LogP contribution in [0.25, 0.3) is 0 Å². The average molecular weight is 296 g/mol. The lowest BCUT2D eigenvalue weighted by Gasteiger charge is -2.12. The van der Waals surface area contributed by atoms with Crippen LogP contribution in [0.3, 0.4) is 0 Å². The second kappa shape index (κ2) is 6.27. The zero-order chi connectivity index (χ0) is 11.3. The van der Waals surface area contributed by atoms with Crippen LogP contribution < -0.4 is 5.32 Å². The Morgan fingerprint density at radius 1 is 1.73 bits per heavy atom. The van der Waals surface area contributed by atoms with Gasteiger partial charge in [-0.1, -0.05) is 11.6 Å². The molecule has 0 spiro atoms. The molecule has 0 radical (unpaired) electrons. The molecule has 0 saturated heterocycles. The van der Waals surface area contributed by atoms with E-state index in [0.29, 0.717) is 17.4 Å². The summed E-state index contributed by atoms with van der Waals surface area (Å²) in [6.07, 6.45) is 0.983. The predicted molar refractivity (Wildman–Crippen MR) is 63.3 cm³/mol. The van der Waals surface area contributed by atoms with Gasteiger partial charge in [-0.25, -0.2) is 4.98 Å². The standard InChI is InChI=1S/C9H12BrClN2O2/c1-15-5-7(14)4-13-9-8(10)2-6(11)3-12-9/h2-3,7,14H,4-5H2,1H3,(H,12,13). The molecule has 0 bridgehead atoms. The van der Waals surface area contributed by atoms with Gasteiger partial charge in [0.2, 0.25) is 0 Å². The maximum Gasteiger partial charge on any atom is 0.140 e. The van der Waals surface area contributed by atoms with Crippen molar-refractivity contribution in [3.63, 3.8) is 0 Å². The van der Waals surface area contributed by atoms with Crippen LogP contribution >= 0.6 is 27.5 Å². The first-order valence-electron chi connectivity index (χ1n) is 4.35. The Bertz CT molecular complexity index is 325. The van der Waals surface area contributed by atoms with Crippen LogP contribution in [-0.4, -0.2) is 36.5 Å². The Morgan fingerprint density at radius 3 is 3.07 bits per heavy atom. The van der Waals surface area contributed by atoms with E-state index in [9.17, 15) is 5.11 Å². The van der Waals surface area contributed by atoms with E-state index in [1.165, 1.54) is 6.20 Å². The highest BCUT2D eigenvalue weighted by atomic mass is 79.9. The van der Waals surface area contributed by atoms with Gasteiger partial charge in [-0.3, -0.25) is 0 Å². The van der Waals surface area contributed by atoms with E-state index in [1.54, 1.807) is 13.2 Å². The molecule has 0 aliphatic rings. The Balaban J connectivity index is 2.50. The molecule has 0 saturated carbocycles. The lowest BCUT2D eigenvalue weighted by Crippen LogP contribution is -2.24. The Labute approximate surface area is 102 Å². The molecule has 0 amide bonds. The quantitative estimate of drug-likeness (QED) is 0.871. The molecular formula is C9H12BrClN2O2. The molecule has 84 valence electrons. The van der Waals surface area contributed by atoms with Crippen molar-refractivity contribution in [1.82, 2.24) is 4.98 Å². The van der Waals surface area contributed by atoms with Crippen LogP contribution in [0.5, 0.6) is 0 Å². The number of ether oxygens (including phenoxy) is 1. The van der Waals surface area contributed by atoms with Crippen molar-refractivity contribution in [3.05, 3.63) is 21.8 Å². The van der Waals surface area contributed by atoms with Crippen LogP contribution in [0.2, 0.25) is 5.02 Å². The molecule has 4 nitrogen and oxygen atoms in total. The predicted octanol–water partition coefficient (Wildman–Crippen LogP) is 1.92. The normalized spacial score (nSPS) is 12.5. The minimum atomic E-state index is -0.556. The number of halogens is 2. The summed E-state index contributed by atoms with van der Waals surface area (Å²) in [6, 6.07) is 1.74. The largest absolute Gasteiger partial charge is 0.389 e. The molecule has 1 unspecified atom stereocenters. The van der Waals surface area contributed by atoms with Crippen molar-refractivity contribution >= 4 is 33.3 Å². The minimum Gasteiger partial charge on any atom is -0.389 e. The minimum absolute atomic E-state index is 0.290. The summed E-state index contributed by atoms with van der Waals surface area (Å²) >= 11 is 9.05. The van der Waals surface area contributed by atoms with Crippen LogP contribution in [-0.2, 0) is 4.74 Å². The lowest BCUT2D eigenvalue weighted by atomic mass is 10.3. The third kappa shape index (κ3) is 4.34. The number of aromatic nitrogens is 1. The molecule has 1 atom stereocenters. The van der Waals surface area contributed by atoms with E-state index in [2.05, 4.69) is 26.2 Å². The van der Waals surface area contributed by atoms with Crippen LogP contribution in [0.1, 0.15) is 0 Å². The topological polar surface area (TPSA) is 54.4 Å². The third-order valence-corrected chi connectivity index (χ3v) is 2.48. The summed E-state index contributed by atoms with van der Waals surface area (Å²) in [7, 11) is 1.54. The summed E-state index contributed by atoms with van der Waals surface area (Å²) < 4.78 is 5.56. The molecule has 0 aliphatic heterocycles. The van der Waals surface area contributed by atoms with Crippen LogP contribution in [0, 0.1) is 0 Å². The number of nitrogens with zero attached hydrogens (tertiary/aromatic N) is 1. The Kier molecular flexibility index (Phi) is 5.31. The van der Waals surface area contributed by atoms with Gasteiger partial charge >= 0.3 is 0 Å². The van der Waals surface area contributed by atoms with Gasteiger partial charge in [-0.15, -0.1) is 0 Å². The fourth-order valence-corrected chi connectivity index (χ4v) is 1.79. The van der Waals surface area contributed by atoms with E-state index >= 15 is 0 Å². The third-order valence-electron chi connectivity index (χ3n) is 1.67. The summed E-state index contributed by atoms with van der Waals surface area (Å²) in [4.78, 5) is 4.07. The first-order chi connectivity index (χ1) is 7.13. The van der Waals surface area contributed by atoms with Crippen molar-refractivity contribution < 1.29 is 9.84 Å². The summed E-state index contributed by atoms with van der Waals surface area (Å²) in [5, 5.41) is 12.9. The molecule has 1 heterocycles. The molecule has 1 aromatic heterocycles. The van der Waals surface area contributed by atoms with Crippen molar-refractivity contribution in [1.29, 1.82) is 0 Å². The van der Waals surface area contributed by atoms with Gasteiger partial charge in [0.05, 0.1) is 22.2 Å². The highest BCUT2D eigenvalue weighted by Gasteiger charge is 2.06. The van der Waals surface area contributed by atoms with Gasteiger partial charge in [-0.05, 0) is 22.0 Å². The Hall–Kier alpha value is -0.360. The van der Waals surface area contributed by atoms with Gasteiger partial charge in [0.15, 0.2) is 0 Å². The molecule has 2 N–H and O–H groups in total. The average Bonchev–Trinajstić information content (AvgIpc) is 2.17. The summed E-state index contributed by atoms with van der Waals surface area (Å²) in [5.74, 6) is 0.648. The number of aliphatic hydroxyl groups is 1. The SMILES string of the molecule is COCC(O)CNc1ncc(Cl)cc1Br. The number of methoxy groups -OCH3 is 1. The van der Waals surface area contributed by atoms with Gasteiger partial charge in [0, 0.05) is 19.9 Å². The zero-order valence-electron chi connectivity index (χ0n) is 8.20. The first-order valence-corrected chi connectivity index (χ1v) is 5.52. The number of rotatable bonds is 5. The number of pyridine rings is 1.